The number of benzene rings is 2. The number of carbonyl (C=O) groups excluding carboxylic acids is 2. The molecule has 1 heterocycles. The fourth-order valence-corrected chi connectivity index (χ4v) is 3.29. The van der Waals surface area contributed by atoms with Crippen molar-refractivity contribution in [1.29, 1.82) is 0 Å². The number of hydrogen-bond donors (Lipinski definition) is 1. The number of nitrogens with zero attached hydrogens (tertiary/aromatic N) is 2. The Hall–Kier alpha value is -2.73. The highest BCUT2D eigenvalue weighted by Gasteiger charge is 2.26. The molecule has 0 unspecified atom stereocenters. The number of hydrogen-bond acceptors (Lipinski definition) is 4. The zero-order valence-corrected chi connectivity index (χ0v) is 17.2. The lowest BCUT2D eigenvalue weighted by molar-refractivity contribution is 0.0535. The van der Waals surface area contributed by atoms with Gasteiger partial charge >= 0.3 is 0 Å². The first kappa shape index (κ1) is 21.6. The van der Waals surface area contributed by atoms with Crippen molar-refractivity contribution in [3.8, 4) is 5.75 Å². The Morgan fingerprint density at radius 3 is 2.07 bits per heavy atom. The van der Waals surface area contributed by atoms with Gasteiger partial charge in [0.2, 0.25) is 0 Å². The van der Waals surface area contributed by atoms with Gasteiger partial charge in [0, 0.05) is 43.0 Å². The number of methoxy groups -OCH3 is 1. The predicted molar refractivity (Wildman–Crippen MR) is 112 cm³/mol. The molecule has 3 rings (SSSR count). The van der Waals surface area contributed by atoms with Crippen LogP contribution in [0.2, 0.25) is 0 Å². The molecular formula is C21H26ClN3O3. The summed E-state index contributed by atoms with van der Waals surface area (Å²) in [5.74, 6) is 0.622. The van der Waals surface area contributed by atoms with E-state index >= 15 is 0 Å². The lowest BCUT2D eigenvalue weighted by atomic mass is 10.1. The highest BCUT2D eigenvalue weighted by molar-refractivity contribution is 5.97. The zero-order valence-electron chi connectivity index (χ0n) is 16.4. The van der Waals surface area contributed by atoms with Crippen LogP contribution in [-0.2, 0) is 0 Å². The molecule has 1 saturated heterocycles. The molecule has 6 nitrogen and oxygen atoms in total. The van der Waals surface area contributed by atoms with E-state index in [0.29, 0.717) is 48.7 Å². The van der Waals surface area contributed by atoms with Crippen LogP contribution in [0.3, 0.4) is 0 Å². The van der Waals surface area contributed by atoms with Crippen LogP contribution >= 0.6 is 12.4 Å². The molecule has 0 bridgehead atoms. The van der Waals surface area contributed by atoms with Gasteiger partial charge in [0.25, 0.3) is 11.8 Å². The Kier molecular flexibility index (Phi) is 6.91. The van der Waals surface area contributed by atoms with Crippen LogP contribution in [-0.4, -0.2) is 54.9 Å². The van der Waals surface area contributed by atoms with E-state index in [-0.39, 0.29) is 24.2 Å². The van der Waals surface area contributed by atoms with Gasteiger partial charge in [-0.1, -0.05) is 12.1 Å². The maximum absolute atomic E-state index is 12.8. The van der Waals surface area contributed by atoms with Crippen LogP contribution in [0.15, 0.2) is 36.4 Å². The van der Waals surface area contributed by atoms with Crippen molar-refractivity contribution in [2.45, 2.75) is 13.8 Å². The largest absolute Gasteiger partial charge is 0.496 e. The van der Waals surface area contributed by atoms with Crippen molar-refractivity contribution >= 4 is 29.9 Å². The molecule has 0 atom stereocenters. The van der Waals surface area contributed by atoms with Gasteiger partial charge in [-0.2, -0.15) is 0 Å². The molecule has 7 heteroatoms. The number of nitrogen functional groups attached to an aromatic ring is 1. The summed E-state index contributed by atoms with van der Waals surface area (Å²) in [6.07, 6.45) is 0. The van der Waals surface area contributed by atoms with E-state index < -0.39 is 0 Å². The van der Waals surface area contributed by atoms with E-state index in [9.17, 15) is 9.59 Å². The number of carbonyl (C=O) groups is 2. The van der Waals surface area contributed by atoms with Gasteiger partial charge < -0.3 is 20.3 Å². The van der Waals surface area contributed by atoms with Crippen LogP contribution in [0.1, 0.15) is 31.8 Å². The molecule has 0 saturated carbocycles. The third kappa shape index (κ3) is 4.39. The lowest BCUT2D eigenvalue weighted by Crippen LogP contribution is -2.50. The molecule has 1 aliphatic heterocycles. The van der Waals surface area contributed by atoms with Crippen LogP contribution in [0, 0.1) is 13.8 Å². The van der Waals surface area contributed by atoms with E-state index in [0.717, 1.165) is 11.1 Å². The number of amides is 2. The van der Waals surface area contributed by atoms with Gasteiger partial charge in [-0.05, 0) is 49.2 Å². The molecule has 150 valence electrons. The highest BCUT2D eigenvalue weighted by atomic mass is 35.5. The smallest absolute Gasteiger partial charge is 0.254 e. The maximum Gasteiger partial charge on any atom is 0.254 e. The number of ether oxygens (including phenoxy) is 1. The Bertz CT molecular complexity index is 877. The number of halogens is 1. The quantitative estimate of drug-likeness (QED) is 0.799. The summed E-state index contributed by atoms with van der Waals surface area (Å²) in [6, 6.07) is 10.8. The summed E-state index contributed by atoms with van der Waals surface area (Å²) in [5.41, 5.74) is 9.51. The highest BCUT2D eigenvalue weighted by Crippen LogP contribution is 2.21. The Balaban J connectivity index is 0.00000280. The monoisotopic (exact) mass is 403 g/mol. The summed E-state index contributed by atoms with van der Waals surface area (Å²) < 4.78 is 5.31. The minimum atomic E-state index is -0.0412. The van der Waals surface area contributed by atoms with E-state index in [1.165, 1.54) is 0 Å². The van der Waals surface area contributed by atoms with Gasteiger partial charge in [0.1, 0.15) is 5.75 Å². The fourth-order valence-electron chi connectivity index (χ4n) is 3.29. The van der Waals surface area contributed by atoms with Gasteiger partial charge in [-0.3, -0.25) is 9.59 Å². The van der Waals surface area contributed by atoms with Crippen LogP contribution in [0.4, 0.5) is 5.69 Å². The first-order chi connectivity index (χ1) is 12.9. The molecule has 0 aromatic heterocycles. The zero-order chi connectivity index (χ0) is 19.6. The average molecular weight is 404 g/mol. The molecule has 0 aliphatic carbocycles. The third-order valence-corrected chi connectivity index (χ3v) is 5.00. The fraction of sp³-hybridized carbons (Fsp3) is 0.333. The Morgan fingerprint density at radius 1 is 0.893 bits per heavy atom. The molecule has 2 N–H and O–H groups in total. The summed E-state index contributed by atoms with van der Waals surface area (Å²) in [6.45, 7) is 5.85. The summed E-state index contributed by atoms with van der Waals surface area (Å²) in [7, 11) is 1.60. The van der Waals surface area contributed by atoms with Gasteiger partial charge in [-0.15, -0.1) is 12.4 Å². The van der Waals surface area contributed by atoms with Crippen molar-refractivity contribution in [1.82, 2.24) is 9.80 Å². The van der Waals surface area contributed by atoms with Crippen molar-refractivity contribution < 1.29 is 14.3 Å². The lowest BCUT2D eigenvalue weighted by Gasteiger charge is -2.35. The Labute approximate surface area is 171 Å². The number of rotatable bonds is 3. The van der Waals surface area contributed by atoms with Crippen molar-refractivity contribution in [2.24, 2.45) is 0 Å². The van der Waals surface area contributed by atoms with Crippen LogP contribution < -0.4 is 10.5 Å². The molecule has 0 radical (unpaired) electrons. The van der Waals surface area contributed by atoms with Crippen LogP contribution in [0.5, 0.6) is 5.75 Å². The normalized spacial score (nSPS) is 13.7. The number of piperazine rings is 1. The van der Waals surface area contributed by atoms with Gasteiger partial charge in [0.15, 0.2) is 0 Å². The van der Waals surface area contributed by atoms with Crippen molar-refractivity contribution in [3.05, 3.63) is 58.7 Å². The van der Waals surface area contributed by atoms with E-state index in [1.807, 2.05) is 32.0 Å². The van der Waals surface area contributed by atoms with Crippen molar-refractivity contribution in [3.63, 3.8) is 0 Å². The summed E-state index contributed by atoms with van der Waals surface area (Å²) in [4.78, 5) is 29.1. The molecule has 28 heavy (non-hydrogen) atoms. The summed E-state index contributed by atoms with van der Waals surface area (Å²) in [5, 5.41) is 0. The molecule has 2 amide bonds. The van der Waals surface area contributed by atoms with Gasteiger partial charge in [-0.25, -0.2) is 0 Å². The first-order valence-electron chi connectivity index (χ1n) is 9.00. The SMILES string of the molecule is COc1cc(C(=O)N2CCN(C(=O)c3cc(N)ccc3C)CC2)ccc1C.Cl. The number of nitrogens with two attached hydrogens (primary N) is 1. The first-order valence-corrected chi connectivity index (χ1v) is 9.00. The van der Waals surface area contributed by atoms with E-state index in [1.54, 1.807) is 35.1 Å². The summed E-state index contributed by atoms with van der Waals surface area (Å²) >= 11 is 0. The topological polar surface area (TPSA) is 75.9 Å². The second-order valence-corrected chi connectivity index (χ2v) is 6.84. The van der Waals surface area contributed by atoms with E-state index in [4.69, 9.17) is 10.5 Å². The molecule has 0 spiro atoms. The Morgan fingerprint density at radius 2 is 1.46 bits per heavy atom. The third-order valence-electron chi connectivity index (χ3n) is 5.00. The van der Waals surface area contributed by atoms with Gasteiger partial charge in [0.05, 0.1) is 7.11 Å². The molecule has 2 aromatic carbocycles. The molecular weight excluding hydrogens is 378 g/mol. The molecule has 1 fully saturated rings. The molecule has 2 aromatic rings. The predicted octanol–water partition coefficient (Wildman–Crippen LogP) is 2.91. The minimum Gasteiger partial charge on any atom is -0.496 e. The standard InChI is InChI=1S/C21H25N3O3.ClH/c1-14-5-7-17(22)13-18(14)21(26)24-10-8-23(9-11-24)20(25)16-6-4-15(2)19(12-16)27-3;/h4-7,12-13H,8-11,22H2,1-3H3;1H. The van der Waals surface area contributed by atoms with Crippen molar-refractivity contribution in [2.75, 3.05) is 39.0 Å². The molecule has 1 aliphatic rings. The average Bonchev–Trinajstić information content (AvgIpc) is 2.69. The second-order valence-electron chi connectivity index (χ2n) is 6.84. The van der Waals surface area contributed by atoms with E-state index in [2.05, 4.69) is 0 Å². The van der Waals surface area contributed by atoms with Crippen LogP contribution in [0.25, 0.3) is 0 Å². The number of aryl methyl sites for hydroxylation is 2. The maximum atomic E-state index is 12.8. The second kappa shape index (κ2) is 8.97. The minimum absolute atomic E-state index is 0. The number of anilines is 1.